The van der Waals surface area contributed by atoms with E-state index in [2.05, 4.69) is 5.10 Å². The topological polar surface area (TPSA) is 80.6 Å². The number of ether oxygens (including phenoxy) is 1. The highest BCUT2D eigenvalue weighted by Crippen LogP contribution is 2.29. The van der Waals surface area contributed by atoms with Crippen LogP contribution in [0.4, 0.5) is 4.79 Å². The molecule has 33 heavy (non-hydrogen) atoms. The van der Waals surface area contributed by atoms with Crippen molar-refractivity contribution in [3.63, 3.8) is 0 Å². The van der Waals surface area contributed by atoms with Gasteiger partial charge in [0.05, 0.1) is 28.5 Å². The second-order valence-electron chi connectivity index (χ2n) is 7.97. The van der Waals surface area contributed by atoms with Crippen molar-refractivity contribution in [3.05, 3.63) is 47.1 Å². The molecule has 0 aliphatic carbocycles. The van der Waals surface area contributed by atoms with Crippen LogP contribution >= 0.6 is 25.1 Å². The van der Waals surface area contributed by atoms with E-state index in [0.29, 0.717) is 48.0 Å². The number of nitrogens with zero attached hydrogens (tertiary/aromatic N) is 5. The minimum atomic E-state index is -0.321. The van der Waals surface area contributed by atoms with Crippen LogP contribution in [-0.4, -0.2) is 68.8 Å². The fourth-order valence-electron chi connectivity index (χ4n) is 3.95. The normalized spacial score (nSPS) is 15.9. The molecule has 10 heteroatoms. The van der Waals surface area contributed by atoms with E-state index in [1.807, 2.05) is 33.0 Å². The number of fused-ring (bicyclic) bond motifs is 1. The maximum atomic E-state index is 13.3. The quantitative estimate of drug-likeness (QED) is 0.551. The first-order valence-corrected chi connectivity index (χ1v) is 11.1. The van der Waals surface area contributed by atoms with Crippen molar-refractivity contribution in [2.45, 2.75) is 26.3 Å². The van der Waals surface area contributed by atoms with E-state index in [1.54, 1.807) is 38.9 Å². The van der Waals surface area contributed by atoms with Crippen molar-refractivity contribution in [3.8, 4) is 11.4 Å². The molecule has 1 saturated heterocycles. The lowest BCUT2D eigenvalue weighted by Crippen LogP contribution is -2.55. The number of halogens is 1. The van der Waals surface area contributed by atoms with Crippen molar-refractivity contribution in [1.29, 1.82) is 0 Å². The molecule has 1 aromatic carbocycles. The summed E-state index contributed by atoms with van der Waals surface area (Å²) in [6.07, 6.45) is 2.16. The first-order valence-electron chi connectivity index (χ1n) is 10.7. The van der Waals surface area contributed by atoms with E-state index in [-0.39, 0.29) is 31.5 Å². The molecular formula is C23H28ClN5O3S. The number of piperazine rings is 1. The molecule has 0 spiro atoms. The second-order valence-corrected chi connectivity index (χ2v) is 8.38. The third-order valence-electron chi connectivity index (χ3n) is 5.67. The van der Waals surface area contributed by atoms with Gasteiger partial charge in [0.15, 0.2) is 0 Å². The average molecular weight is 490 g/mol. The molecular weight excluding hydrogens is 462 g/mol. The molecule has 0 unspecified atom stereocenters. The third-order valence-corrected chi connectivity index (χ3v) is 5.98. The average Bonchev–Trinajstić information content (AvgIpc) is 3.22. The van der Waals surface area contributed by atoms with Gasteiger partial charge in [-0.2, -0.15) is 18.6 Å². The third kappa shape index (κ3) is 5.09. The zero-order valence-corrected chi connectivity index (χ0v) is 20.7. The minimum absolute atomic E-state index is 0. The molecule has 0 N–H and O–H groups in total. The summed E-state index contributed by atoms with van der Waals surface area (Å²) < 4.78 is 6.95. The van der Waals surface area contributed by atoms with E-state index < -0.39 is 0 Å². The molecule has 0 radical (unpaired) electrons. The Kier molecular flexibility index (Phi) is 7.86. The van der Waals surface area contributed by atoms with E-state index >= 15 is 0 Å². The fourth-order valence-corrected chi connectivity index (χ4v) is 4.21. The molecule has 2 aromatic heterocycles. The Morgan fingerprint density at radius 3 is 2.67 bits per heavy atom. The number of hydrogen-bond donors (Lipinski definition) is 0. The van der Waals surface area contributed by atoms with E-state index in [9.17, 15) is 9.59 Å². The Balaban J connectivity index is 0.00000306. The largest absolute Gasteiger partial charge is 0.449 e. The molecule has 1 atom stereocenters. The van der Waals surface area contributed by atoms with E-state index in [4.69, 9.17) is 21.3 Å². The standard InChI is InChI=1S/C23H26ClN5O3.H2S/c1-4-11-32-23(31)28-9-10-29(15(2)14-28)22(30)16-5-6-17-18(24)13-20(26-19(17)12-16)21-7-8-25-27(21)3;/h5-8,12-13,15H,4,9-11,14H2,1-3H3;1H2/t15-;/m0./s1. The lowest BCUT2D eigenvalue weighted by Gasteiger charge is -2.39. The van der Waals surface area contributed by atoms with Gasteiger partial charge in [0.2, 0.25) is 0 Å². The van der Waals surface area contributed by atoms with E-state index in [0.717, 1.165) is 17.5 Å². The highest BCUT2D eigenvalue weighted by Gasteiger charge is 2.31. The van der Waals surface area contributed by atoms with Gasteiger partial charge in [0, 0.05) is 49.9 Å². The first kappa shape index (κ1) is 24.9. The lowest BCUT2D eigenvalue weighted by atomic mass is 10.1. The molecule has 2 amide bonds. The van der Waals surface area contributed by atoms with Gasteiger partial charge in [-0.25, -0.2) is 9.78 Å². The Morgan fingerprint density at radius 1 is 1.21 bits per heavy atom. The first-order chi connectivity index (χ1) is 15.4. The van der Waals surface area contributed by atoms with Crippen LogP contribution < -0.4 is 0 Å². The summed E-state index contributed by atoms with van der Waals surface area (Å²) in [4.78, 5) is 33.6. The van der Waals surface area contributed by atoms with Gasteiger partial charge < -0.3 is 14.5 Å². The predicted octanol–water partition coefficient (Wildman–Crippen LogP) is 4.09. The van der Waals surface area contributed by atoms with Crippen molar-refractivity contribution in [2.75, 3.05) is 26.2 Å². The maximum Gasteiger partial charge on any atom is 0.409 e. The van der Waals surface area contributed by atoms with Crippen LogP contribution in [0.15, 0.2) is 36.5 Å². The summed E-state index contributed by atoms with van der Waals surface area (Å²) in [5, 5.41) is 5.54. The van der Waals surface area contributed by atoms with Crippen LogP contribution in [0.2, 0.25) is 5.02 Å². The van der Waals surface area contributed by atoms with E-state index in [1.165, 1.54) is 0 Å². The maximum absolute atomic E-state index is 13.3. The molecule has 1 aliphatic heterocycles. The number of amides is 2. The van der Waals surface area contributed by atoms with Crippen LogP contribution in [0.25, 0.3) is 22.3 Å². The van der Waals surface area contributed by atoms with Crippen molar-refractivity contribution in [1.82, 2.24) is 24.6 Å². The Bertz CT molecular complexity index is 1170. The fraction of sp³-hybridized carbons (Fsp3) is 0.391. The minimum Gasteiger partial charge on any atom is -0.449 e. The molecule has 8 nitrogen and oxygen atoms in total. The van der Waals surface area contributed by atoms with Gasteiger partial charge in [-0.05, 0) is 37.6 Å². The second kappa shape index (κ2) is 10.4. The van der Waals surface area contributed by atoms with Crippen LogP contribution in [0, 0.1) is 0 Å². The van der Waals surface area contributed by atoms with Crippen molar-refractivity contribution >= 4 is 48.0 Å². The molecule has 0 bridgehead atoms. The molecule has 1 aliphatic rings. The monoisotopic (exact) mass is 489 g/mol. The van der Waals surface area contributed by atoms with Gasteiger partial charge in [-0.15, -0.1) is 0 Å². The SMILES string of the molecule is CCCOC(=O)N1CCN(C(=O)c2ccc3c(Cl)cc(-c4ccnn4C)nc3c2)[C@@H](C)C1.S. The van der Waals surface area contributed by atoms with Crippen LogP contribution in [0.1, 0.15) is 30.6 Å². The van der Waals surface area contributed by atoms with Crippen LogP contribution in [-0.2, 0) is 11.8 Å². The molecule has 3 heterocycles. The highest BCUT2D eigenvalue weighted by molar-refractivity contribution is 7.59. The smallest absolute Gasteiger partial charge is 0.409 e. The molecule has 1 fully saturated rings. The number of aromatic nitrogens is 3. The molecule has 176 valence electrons. The van der Waals surface area contributed by atoms with Crippen molar-refractivity contribution in [2.24, 2.45) is 7.05 Å². The lowest BCUT2D eigenvalue weighted by molar-refractivity contribution is 0.0414. The number of aryl methyl sites for hydroxylation is 1. The summed E-state index contributed by atoms with van der Waals surface area (Å²) in [6, 6.07) is 8.93. The molecule has 4 rings (SSSR count). The Labute approximate surface area is 204 Å². The highest BCUT2D eigenvalue weighted by atomic mass is 35.5. The van der Waals surface area contributed by atoms with Crippen LogP contribution in [0.3, 0.4) is 0 Å². The summed E-state index contributed by atoms with van der Waals surface area (Å²) in [7, 11) is 1.84. The summed E-state index contributed by atoms with van der Waals surface area (Å²) in [5.74, 6) is -0.0927. The number of carbonyl (C=O) groups excluding carboxylic acids is 2. The van der Waals surface area contributed by atoms with Crippen LogP contribution in [0.5, 0.6) is 0 Å². The Morgan fingerprint density at radius 2 is 2.00 bits per heavy atom. The summed E-state index contributed by atoms with van der Waals surface area (Å²) in [6.45, 7) is 5.63. The number of benzene rings is 1. The van der Waals surface area contributed by atoms with Gasteiger partial charge in [-0.1, -0.05) is 24.6 Å². The number of pyridine rings is 1. The summed E-state index contributed by atoms with van der Waals surface area (Å²) in [5.41, 5.74) is 2.72. The van der Waals surface area contributed by atoms with Gasteiger partial charge in [0.25, 0.3) is 5.91 Å². The molecule has 3 aromatic rings. The van der Waals surface area contributed by atoms with Gasteiger partial charge >= 0.3 is 6.09 Å². The van der Waals surface area contributed by atoms with Gasteiger partial charge in [0.1, 0.15) is 0 Å². The van der Waals surface area contributed by atoms with Crippen molar-refractivity contribution < 1.29 is 14.3 Å². The zero-order chi connectivity index (χ0) is 22.8. The molecule has 0 saturated carbocycles. The Hall–Kier alpha value is -2.78. The van der Waals surface area contributed by atoms with Gasteiger partial charge in [-0.3, -0.25) is 9.48 Å². The number of carbonyl (C=O) groups is 2. The summed E-state index contributed by atoms with van der Waals surface area (Å²) >= 11 is 6.50. The number of hydrogen-bond acceptors (Lipinski definition) is 5. The number of rotatable bonds is 4. The zero-order valence-electron chi connectivity index (χ0n) is 18.9. The predicted molar refractivity (Wildman–Crippen MR) is 133 cm³/mol.